The van der Waals surface area contributed by atoms with Crippen LogP contribution in [-0.4, -0.2) is 35.2 Å². The lowest BCUT2D eigenvalue weighted by Gasteiger charge is -2.11. The Morgan fingerprint density at radius 1 is 0.971 bits per heavy atom. The molecule has 0 aliphatic carbocycles. The van der Waals surface area contributed by atoms with Crippen LogP contribution in [0.1, 0.15) is 69.4 Å². The van der Waals surface area contributed by atoms with E-state index < -0.39 is 23.9 Å². The number of esters is 2. The summed E-state index contributed by atoms with van der Waals surface area (Å²) in [4.78, 5) is 39.1. The van der Waals surface area contributed by atoms with Gasteiger partial charge in [-0.3, -0.25) is 4.79 Å². The molecule has 0 spiro atoms. The molecule has 3 rings (SSSR count). The second-order valence-corrected chi connectivity index (χ2v) is 10.0. The van der Waals surface area contributed by atoms with Gasteiger partial charge in [-0.25, -0.2) is 9.59 Å². The van der Waals surface area contributed by atoms with Gasteiger partial charge in [-0.05, 0) is 59.2 Å². The molecule has 1 amide bonds. The molecule has 8 nitrogen and oxygen atoms in total. The minimum Gasteiger partial charge on any atom is -0.459 e. The van der Waals surface area contributed by atoms with Gasteiger partial charge < -0.3 is 19.3 Å². The molecule has 0 fully saturated rings. The third-order valence-corrected chi connectivity index (χ3v) is 6.56. The number of hydrogen-bond acceptors (Lipinski definition) is 8. The molecule has 0 saturated carbocycles. The van der Waals surface area contributed by atoms with Crippen LogP contribution in [0.4, 0.5) is 5.00 Å². The van der Waals surface area contributed by atoms with Crippen molar-refractivity contribution in [1.82, 2.24) is 5.16 Å². The van der Waals surface area contributed by atoms with Gasteiger partial charge in [0.2, 0.25) is 0 Å². The lowest BCUT2D eigenvalue weighted by molar-refractivity contribution is 0.0378. The molecule has 0 aliphatic rings. The largest absolute Gasteiger partial charge is 0.459 e. The first-order valence-corrected chi connectivity index (χ1v) is 12.3. The first-order chi connectivity index (χ1) is 16.4. The summed E-state index contributed by atoms with van der Waals surface area (Å²) >= 11 is 13.6. The predicted octanol–water partition coefficient (Wildman–Crippen LogP) is 6.71. The lowest BCUT2D eigenvalue weighted by atomic mass is 10.1. The van der Waals surface area contributed by atoms with Crippen LogP contribution in [0, 0.1) is 13.8 Å². The van der Waals surface area contributed by atoms with Gasteiger partial charge in [-0.15, -0.1) is 11.3 Å². The molecule has 0 unspecified atom stereocenters. The molecule has 0 atom stereocenters. The zero-order valence-electron chi connectivity index (χ0n) is 19.9. The van der Waals surface area contributed by atoms with Crippen LogP contribution >= 0.6 is 34.5 Å². The van der Waals surface area contributed by atoms with E-state index in [-0.39, 0.29) is 48.6 Å². The van der Waals surface area contributed by atoms with Crippen molar-refractivity contribution in [3.63, 3.8) is 0 Å². The zero-order chi connectivity index (χ0) is 26.0. The highest BCUT2D eigenvalue weighted by atomic mass is 35.5. The predicted molar refractivity (Wildman–Crippen MR) is 135 cm³/mol. The molecule has 1 aromatic carbocycles. The molecule has 11 heteroatoms. The number of thiophene rings is 1. The maximum absolute atomic E-state index is 13.4. The van der Waals surface area contributed by atoms with Crippen molar-refractivity contribution in [3.05, 3.63) is 55.6 Å². The Morgan fingerprint density at radius 2 is 1.54 bits per heavy atom. The third-order valence-electron chi connectivity index (χ3n) is 4.74. The van der Waals surface area contributed by atoms with Gasteiger partial charge >= 0.3 is 11.9 Å². The number of aryl methyl sites for hydroxylation is 1. The molecular formula is C24H24Cl2N2O6S. The second-order valence-electron chi connectivity index (χ2n) is 8.18. The number of amides is 1. The molecule has 186 valence electrons. The monoisotopic (exact) mass is 538 g/mol. The van der Waals surface area contributed by atoms with Gasteiger partial charge in [0.05, 0.1) is 27.8 Å². The molecule has 1 N–H and O–H groups in total. The number of carbonyl (C=O) groups is 3. The fraction of sp³-hybridized carbons (Fsp3) is 0.333. The standard InChI is InChI=1S/C24H24Cl2N2O6S/c1-10(2)32-23(30)16-12(5)20(24(31)33-11(3)4)35-22(16)27-21(29)17-13(6)34-28-19(17)18-14(25)8-7-9-15(18)26/h7-11H,1-6H3,(H,27,29). The summed E-state index contributed by atoms with van der Waals surface area (Å²) in [6.07, 6.45) is -0.776. The molecule has 2 heterocycles. The molecule has 2 aromatic heterocycles. The summed E-state index contributed by atoms with van der Waals surface area (Å²) in [5, 5.41) is 7.39. The minimum atomic E-state index is -0.677. The van der Waals surface area contributed by atoms with E-state index in [1.54, 1.807) is 59.7 Å². The van der Waals surface area contributed by atoms with Crippen molar-refractivity contribution in [2.75, 3.05) is 5.32 Å². The van der Waals surface area contributed by atoms with E-state index in [1.165, 1.54) is 0 Å². The zero-order valence-corrected chi connectivity index (χ0v) is 22.3. The van der Waals surface area contributed by atoms with Crippen molar-refractivity contribution in [2.45, 2.75) is 53.8 Å². The Hall–Kier alpha value is -2.88. The quantitative estimate of drug-likeness (QED) is 0.333. The topological polar surface area (TPSA) is 108 Å². The Morgan fingerprint density at radius 3 is 2.11 bits per heavy atom. The van der Waals surface area contributed by atoms with Crippen LogP contribution in [-0.2, 0) is 9.47 Å². The van der Waals surface area contributed by atoms with Crippen molar-refractivity contribution in [3.8, 4) is 11.3 Å². The maximum Gasteiger partial charge on any atom is 0.348 e. The summed E-state index contributed by atoms with van der Waals surface area (Å²) in [6.45, 7) is 9.99. The number of nitrogens with one attached hydrogen (secondary N) is 1. The molecular weight excluding hydrogens is 515 g/mol. The number of hydrogen-bond donors (Lipinski definition) is 1. The van der Waals surface area contributed by atoms with Gasteiger partial charge in [0.25, 0.3) is 5.91 Å². The first kappa shape index (κ1) is 26.7. The number of benzene rings is 1. The molecule has 0 bridgehead atoms. The van der Waals surface area contributed by atoms with Crippen molar-refractivity contribution < 1.29 is 28.4 Å². The van der Waals surface area contributed by atoms with Crippen LogP contribution in [0.2, 0.25) is 10.0 Å². The fourth-order valence-electron chi connectivity index (χ4n) is 3.28. The number of halogens is 2. The lowest BCUT2D eigenvalue weighted by Crippen LogP contribution is -2.18. The highest BCUT2D eigenvalue weighted by Crippen LogP contribution is 2.39. The van der Waals surface area contributed by atoms with E-state index in [9.17, 15) is 14.4 Å². The Kier molecular flexibility index (Phi) is 8.25. The van der Waals surface area contributed by atoms with E-state index in [0.29, 0.717) is 11.1 Å². The number of nitrogens with zero attached hydrogens (tertiary/aromatic N) is 1. The summed E-state index contributed by atoms with van der Waals surface area (Å²) in [6, 6.07) is 4.90. The number of ether oxygens (including phenoxy) is 2. The number of aromatic nitrogens is 1. The van der Waals surface area contributed by atoms with Crippen molar-refractivity contribution in [2.24, 2.45) is 0 Å². The molecule has 3 aromatic rings. The van der Waals surface area contributed by atoms with Gasteiger partial charge in [0.1, 0.15) is 26.9 Å². The summed E-state index contributed by atoms with van der Waals surface area (Å²) in [5.41, 5.74) is 0.980. The van der Waals surface area contributed by atoms with Gasteiger partial charge in [0.15, 0.2) is 0 Å². The number of carbonyl (C=O) groups excluding carboxylic acids is 3. The van der Waals surface area contributed by atoms with Gasteiger partial charge in [-0.2, -0.15) is 0 Å². The van der Waals surface area contributed by atoms with E-state index in [2.05, 4.69) is 10.5 Å². The molecule has 0 saturated heterocycles. The maximum atomic E-state index is 13.4. The van der Waals surface area contributed by atoms with E-state index in [0.717, 1.165) is 11.3 Å². The Bertz CT molecular complexity index is 1280. The highest BCUT2D eigenvalue weighted by Gasteiger charge is 2.31. The fourth-order valence-corrected chi connectivity index (χ4v) is 4.93. The highest BCUT2D eigenvalue weighted by molar-refractivity contribution is 7.18. The summed E-state index contributed by atoms with van der Waals surface area (Å²) in [5.74, 6) is -1.69. The van der Waals surface area contributed by atoms with Crippen LogP contribution < -0.4 is 5.32 Å². The SMILES string of the molecule is Cc1onc(-c2c(Cl)cccc2Cl)c1C(=O)Nc1sc(C(=O)OC(C)C)c(C)c1C(=O)OC(C)C. The number of rotatable bonds is 7. The number of anilines is 1. The third kappa shape index (κ3) is 5.69. The van der Waals surface area contributed by atoms with Gasteiger partial charge in [-0.1, -0.05) is 34.4 Å². The molecule has 35 heavy (non-hydrogen) atoms. The Labute approximate surface area is 216 Å². The average Bonchev–Trinajstić information content (AvgIpc) is 3.26. The second kappa shape index (κ2) is 10.8. The van der Waals surface area contributed by atoms with Crippen LogP contribution in [0.3, 0.4) is 0 Å². The van der Waals surface area contributed by atoms with Crippen molar-refractivity contribution in [1.29, 1.82) is 0 Å². The Balaban J connectivity index is 2.08. The van der Waals surface area contributed by atoms with E-state index in [4.69, 9.17) is 37.2 Å². The van der Waals surface area contributed by atoms with E-state index in [1.807, 2.05) is 0 Å². The van der Waals surface area contributed by atoms with Crippen LogP contribution in [0.5, 0.6) is 0 Å². The van der Waals surface area contributed by atoms with Gasteiger partial charge in [0, 0.05) is 5.56 Å². The summed E-state index contributed by atoms with van der Waals surface area (Å²) < 4.78 is 15.9. The van der Waals surface area contributed by atoms with Crippen molar-refractivity contribution >= 4 is 57.4 Å². The average molecular weight is 539 g/mol. The molecule has 0 aliphatic heterocycles. The normalized spacial score (nSPS) is 11.1. The van der Waals surface area contributed by atoms with Crippen LogP contribution in [0.25, 0.3) is 11.3 Å². The smallest absolute Gasteiger partial charge is 0.348 e. The molecule has 0 radical (unpaired) electrons. The van der Waals surface area contributed by atoms with E-state index >= 15 is 0 Å². The first-order valence-electron chi connectivity index (χ1n) is 10.7. The van der Waals surface area contributed by atoms with Crippen LogP contribution in [0.15, 0.2) is 22.7 Å². The minimum absolute atomic E-state index is 0.0687. The summed E-state index contributed by atoms with van der Waals surface area (Å²) in [7, 11) is 0.